The van der Waals surface area contributed by atoms with Crippen molar-refractivity contribution in [3.63, 3.8) is 0 Å². The maximum Gasteiger partial charge on any atom is 0.254 e. The van der Waals surface area contributed by atoms with Gasteiger partial charge in [-0.05, 0) is 24.3 Å². The Labute approximate surface area is 146 Å². The third-order valence-electron chi connectivity index (χ3n) is 3.37. The third-order valence-corrected chi connectivity index (χ3v) is 3.37. The third kappa shape index (κ3) is 4.24. The molecule has 0 aliphatic heterocycles. The Bertz CT molecular complexity index is 843. The summed E-state index contributed by atoms with van der Waals surface area (Å²) in [4.78, 5) is 23.8. The Morgan fingerprint density at radius 3 is 2.38 bits per heavy atom. The van der Waals surface area contributed by atoms with Crippen LogP contribution in [0.15, 0.2) is 30.3 Å². The van der Waals surface area contributed by atoms with Gasteiger partial charge in [-0.25, -0.2) is 13.2 Å². The number of benzene rings is 2. The van der Waals surface area contributed by atoms with E-state index in [0.29, 0.717) is 23.3 Å². The highest BCUT2D eigenvalue weighted by atomic mass is 19.2. The second-order valence-corrected chi connectivity index (χ2v) is 5.02. The molecular weight excluding hydrogens is 353 g/mol. The lowest BCUT2D eigenvalue weighted by Crippen LogP contribution is -2.33. The van der Waals surface area contributed by atoms with Gasteiger partial charge in [-0.3, -0.25) is 9.59 Å². The molecule has 0 aromatic heterocycles. The number of carbonyl (C=O) groups is 2. The summed E-state index contributed by atoms with van der Waals surface area (Å²) in [6.45, 7) is -0.530. The fourth-order valence-electron chi connectivity index (χ4n) is 2.06. The van der Waals surface area contributed by atoms with Crippen LogP contribution in [0.4, 0.5) is 18.9 Å². The number of nitrogens with one attached hydrogen (secondary N) is 2. The van der Waals surface area contributed by atoms with Gasteiger partial charge in [-0.2, -0.15) is 0 Å². The monoisotopic (exact) mass is 368 g/mol. The number of halogens is 3. The number of ether oxygens (including phenoxy) is 2. The van der Waals surface area contributed by atoms with E-state index in [4.69, 9.17) is 9.47 Å². The molecule has 0 atom stereocenters. The van der Waals surface area contributed by atoms with Gasteiger partial charge in [0.1, 0.15) is 11.5 Å². The van der Waals surface area contributed by atoms with E-state index in [1.54, 1.807) is 12.1 Å². The van der Waals surface area contributed by atoms with E-state index in [1.165, 1.54) is 20.3 Å². The quantitative estimate of drug-likeness (QED) is 0.768. The maximum atomic E-state index is 13.6. The van der Waals surface area contributed by atoms with Gasteiger partial charge < -0.3 is 20.1 Å². The molecule has 2 aromatic carbocycles. The van der Waals surface area contributed by atoms with Crippen LogP contribution in [-0.2, 0) is 4.79 Å². The van der Waals surface area contributed by atoms with E-state index < -0.39 is 41.4 Å². The topological polar surface area (TPSA) is 76.7 Å². The average molecular weight is 368 g/mol. The summed E-state index contributed by atoms with van der Waals surface area (Å²) in [7, 11) is 2.86. The highest BCUT2D eigenvalue weighted by Crippen LogP contribution is 2.28. The molecule has 0 aliphatic rings. The molecule has 6 nitrogen and oxygen atoms in total. The predicted molar refractivity (Wildman–Crippen MR) is 86.8 cm³/mol. The Morgan fingerprint density at radius 1 is 1.00 bits per heavy atom. The van der Waals surface area contributed by atoms with Crippen molar-refractivity contribution in [1.29, 1.82) is 0 Å². The zero-order valence-corrected chi connectivity index (χ0v) is 13.9. The van der Waals surface area contributed by atoms with E-state index in [-0.39, 0.29) is 0 Å². The Hall–Kier alpha value is -3.23. The van der Waals surface area contributed by atoms with Crippen LogP contribution < -0.4 is 20.1 Å². The van der Waals surface area contributed by atoms with Crippen LogP contribution in [0.3, 0.4) is 0 Å². The van der Waals surface area contributed by atoms with Crippen molar-refractivity contribution in [2.24, 2.45) is 0 Å². The maximum absolute atomic E-state index is 13.6. The Morgan fingerprint density at radius 2 is 1.73 bits per heavy atom. The van der Waals surface area contributed by atoms with Gasteiger partial charge in [-0.15, -0.1) is 0 Å². The standard InChI is InChI=1S/C17H15F3N2O4/c1-25-9-3-6-13(26-2)12(7-9)22-14(23)8-21-17(24)10-4-5-11(18)16(20)15(10)19/h3-7H,8H2,1-2H3,(H,21,24)(H,22,23). The molecule has 0 bridgehead atoms. The number of amides is 2. The normalized spacial score (nSPS) is 10.2. The molecule has 138 valence electrons. The van der Waals surface area contributed by atoms with Crippen LogP contribution in [0.1, 0.15) is 10.4 Å². The van der Waals surface area contributed by atoms with Gasteiger partial charge in [-0.1, -0.05) is 0 Å². The number of carbonyl (C=O) groups excluding carboxylic acids is 2. The SMILES string of the molecule is COc1ccc(OC)c(NC(=O)CNC(=O)c2ccc(F)c(F)c2F)c1. The lowest BCUT2D eigenvalue weighted by molar-refractivity contribution is -0.115. The molecule has 2 amide bonds. The molecule has 0 saturated heterocycles. The fourth-order valence-corrected chi connectivity index (χ4v) is 2.06. The molecule has 2 N–H and O–H groups in total. The molecule has 0 heterocycles. The number of methoxy groups -OCH3 is 2. The van der Waals surface area contributed by atoms with E-state index in [2.05, 4.69) is 10.6 Å². The first-order valence-electron chi connectivity index (χ1n) is 7.31. The van der Waals surface area contributed by atoms with Crippen LogP contribution in [0.25, 0.3) is 0 Å². The summed E-state index contributed by atoms with van der Waals surface area (Å²) in [6, 6.07) is 6.11. The smallest absolute Gasteiger partial charge is 0.254 e. The highest BCUT2D eigenvalue weighted by Gasteiger charge is 2.19. The van der Waals surface area contributed by atoms with Crippen molar-refractivity contribution in [2.75, 3.05) is 26.1 Å². The lowest BCUT2D eigenvalue weighted by atomic mass is 10.2. The zero-order chi connectivity index (χ0) is 19.3. The van der Waals surface area contributed by atoms with Crippen LogP contribution in [0.5, 0.6) is 11.5 Å². The summed E-state index contributed by atoms with van der Waals surface area (Å²) in [5.74, 6) is -5.68. The van der Waals surface area contributed by atoms with Gasteiger partial charge >= 0.3 is 0 Å². The minimum atomic E-state index is -1.76. The largest absolute Gasteiger partial charge is 0.497 e. The molecule has 0 spiro atoms. The van der Waals surface area contributed by atoms with Crippen molar-refractivity contribution in [2.45, 2.75) is 0 Å². The molecular formula is C17H15F3N2O4. The highest BCUT2D eigenvalue weighted by molar-refractivity contribution is 6.00. The summed E-state index contributed by atoms with van der Waals surface area (Å²) < 4.78 is 49.7. The van der Waals surface area contributed by atoms with E-state index >= 15 is 0 Å². The van der Waals surface area contributed by atoms with E-state index in [0.717, 1.165) is 6.07 Å². The average Bonchev–Trinajstić information content (AvgIpc) is 2.64. The summed E-state index contributed by atoms with van der Waals surface area (Å²) >= 11 is 0. The van der Waals surface area contributed by atoms with Crippen molar-refractivity contribution >= 4 is 17.5 Å². The van der Waals surface area contributed by atoms with E-state index in [9.17, 15) is 22.8 Å². The molecule has 2 aromatic rings. The number of anilines is 1. The van der Waals surface area contributed by atoms with Gasteiger partial charge in [0.05, 0.1) is 32.0 Å². The van der Waals surface area contributed by atoms with Crippen LogP contribution in [0.2, 0.25) is 0 Å². The van der Waals surface area contributed by atoms with Crippen molar-refractivity contribution in [3.8, 4) is 11.5 Å². The summed E-state index contributed by atoms with van der Waals surface area (Å²) in [5.41, 5.74) is -0.416. The van der Waals surface area contributed by atoms with Crippen LogP contribution >= 0.6 is 0 Å². The second-order valence-electron chi connectivity index (χ2n) is 5.02. The van der Waals surface area contributed by atoms with Crippen LogP contribution in [-0.4, -0.2) is 32.6 Å². The molecule has 9 heteroatoms. The molecule has 0 aliphatic carbocycles. The molecule has 0 fully saturated rings. The Kier molecular flexibility index (Phi) is 6.05. The van der Waals surface area contributed by atoms with Gasteiger partial charge in [0.15, 0.2) is 17.5 Å². The van der Waals surface area contributed by atoms with Gasteiger partial charge in [0.2, 0.25) is 5.91 Å². The van der Waals surface area contributed by atoms with Crippen molar-refractivity contribution in [3.05, 3.63) is 53.3 Å². The first kappa shape index (κ1) is 19.1. The first-order valence-corrected chi connectivity index (χ1v) is 7.31. The number of hydrogen-bond donors (Lipinski definition) is 2. The molecule has 0 radical (unpaired) electrons. The summed E-state index contributed by atoms with van der Waals surface area (Å²) in [6.07, 6.45) is 0. The predicted octanol–water partition coefficient (Wildman–Crippen LogP) is 2.49. The van der Waals surface area contributed by atoms with Gasteiger partial charge in [0, 0.05) is 6.07 Å². The molecule has 2 rings (SSSR count). The van der Waals surface area contributed by atoms with Gasteiger partial charge in [0.25, 0.3) is 5.91 Å². The lowest BCUT2D eigenvalue weighted by Gasteiger charge is -2.12. The van der Waals surface area contributed by atoms with Crippen molar-refractivity contribution in [1.82, 2.24) is 5.32 Å². The Balaban J connectivity index is 2.03. The van der Waals surface area contributed by atoms with Crippen molar-refractivity contribution < 1.29 is 32.2 Å². The molecule has 26 heavy (non-hydrogen) atoms. The molecule has 0 unspecified atom stereocenters. The fraction of sp³-hybridized carbons (Fsp3) is 0.176. The zero-order valence-electron chi connectivity index (χ0n) is 13.9. The number of hydrogen-bond acceptors (Lipinski definition) is 4. The molecule has 0 saturated carbocycles. The first-order chi connectivity index (χ1) is 12.4. The van der Waals surface area contributed by atoms with E-state index in [1.807, 2.05) is 0 Å². The summed E-state index contributed by atoms with van der Waals surface area (Å²) in [5, 5.41) is 4.61. The van der Waals surface area contributed by atoms with Crippen LogP contribution in [0, 0.1) is 17.5 Å². The minimum Gasteiger partial charge on any atom is -0.497 e. The number of rotatable bonds is 6. The second kappa shape index (κ2) is 8.24. The minimum absolute atomic E-state index is 0.296.